The third kappa shape index (κ3) is 2.27. The molecule has 0 spiro atoms. The molecule has 0 aliphatic rings. The molecule has 0 bridgehead atoms. The van der Waals surface area contributed by atoms with E-state index in [1.165, 1.54) is 12.4 Å². The van der Waals surface area contributed by atoms with Gasteiger partial charge in [-0.1, -0.05) is 12.2 Å². The van der Waals surface area contributed by atoms with Gasteiger partial charge in [-0.15, -0.1) is 0 Å². The highest BCUT2D eigenvalue weighted by atomic mass is 16.1. The van der Waals surface area contributed by atoms with Gasteiger partial charge in [-0.25, -0.2) is 0 Å². The number of hydrogen-bond donors (Lipinski definition) is 0. The Morgan fingerprint density at radius 2 is 2.33 bits per heavy atom. The molecule has 1 rings (SSSR count). The molecule has 0 amide bonds. The molecule has 3 nitrogen and oxygen atoms in total. The predicted octanol–water partition coefficient (Wildman–Crippen LogP) is 1.63. The highest BCUT2D eigenvalue weighted by Gasteiger charge is 2.04. The summed E-state index contributed by atoms with van der Waals surface area (Å²) in [7, 11) is 0. The first-order valence-corrected chi connectivity index (χ1v) is 3.64. The largest absolute Gasteiger partial charge is 0.294 e. The summed E-state index contributed by atoms with van der Waals surface area (Å²) in [5, 5.41) is 7.19. The summed E-state index contributed by atoms with van der Waals surface area (Å²) in [6.07, 6.45) is 3.35. The fourth-order valence-electron chi connectivity index (χ4n) is 0.832. The molecule has 0 saturated heterocycles. The molecule has 0 fully saturated rings. The summed E-state index contributed by atoms with van der Waals surface area (Å²) in [6, 6.07) is 1.65. The summed E-state index contributed by atoms with van der Waals surface area (Å²) in [4.78, 5) is 11.3. The van der Waals surface area contributed by atoms with Crippen molar-refractivity contribution in [3.63, 3.8) is 0 Å². The van der Waals surface area contributed by atoms with Crippen LogP contribution in [0.25, 0.3) is 0 Å². The maximum Gasteiger partial charge on any atom is 0.168 e. The van der Waals surface area contributed by atoms with E-state index in [9.17, 15) is 4.79 Å². The maximum absolute atomic E-state index is 11.3. The fraction of sp³-hybridized carbons (Fsp3) is 0.222. The molecule has 0 unspecified atom stereocenters. The van der Waals surface area contributed by atoms with Gasteiger partial charge in [0.25, 0.3) is 0 Å². The zero-order valence-electron chi connectivity index (χ0n) is 6.95. The van der Waals surface area contributed by atoms with E-state index in [1.54, 1.807) is 6.07 Å². The van der Waals surface area contributed by atoms with Gasteiger partial charge in [-0.05, 0) is 13.0 Å². The topological polar surface area (TPSA) is 42.9 Å². The monoisotopic (exact) mass is 162 g/mol. The summed E-state index contributed by atoms with van der Waals surface area (Å²) in [6.45, 7) is 5.49. The summed E-state index contributed by atoms with van der Waals surface area (Å²) in [5.74, 6) is 0.0393. The van der Waals surface area contributed by atoms with Crippen LogP contribution in [0.15, 0.2) is 30.6 Å². The van der Waals surface area contributed by atoms with Gasteiger partial charge in [-0.3, -0.25) is 4.79 Å². The van der Waals surface area contributed by atoms with Crippen LogP contribution in [0.5, 0.6) is 0 Å². The van der Waals surface area contributed by atoms with Crippen molar-refractivity contribution in [1.29, 1.82) is 0 Å². The van der Waals surface area contributed by atoms with Crippen molar-refractivity contribution in [2.75, 3.05) is 0 Å². The quantitative estimate of drug-likeness (QED) is 0.501. The Kier molecular flexibility index (Phi) is 2.69. The van der Waals surface area contributed by atoms with Crippen molar-refractivity contribution in [2.45, 2.75) is 13.3 Å². The van der Waals surface area contributed by atoms with Gasteiger partial charge in [0.1, 0.15) is 0 Å². The van der Waals surface area contributed by atoms with Crippen molar-refractivity contribution in [3.05, 3.63) is 36.2 Å². The van der Waals surface area contributed by atoms with Crippen LogP contribution in [0.1, 0.15) is 23.7 Å². The fourth-order valence-corrected chi connectivity index (χ4v) is 0.832. The van der Waals surface area contributed by atoms with Gasteiger partial charge in [-0.2, -0.15) is 10.2 Å². The number of aromatic nitrogens is 2. The van der Waals surface area contributed by atoms with E-state index >= 15 is 0 Å². The Morgan fingerprint density at radius 1 is 1.58 bits per heavy atom. The lowest BCUT2D eigenvalue weighted by atomic mass is 10.1. The molecule has 0 atom stereocenters. The average Bonchev–Trinajstić information content (AvgIpc) is 2.05. The second-order valence-corrected chi connectivity index (χ2v) is 2.69. The standard InChI is InChI=1S/C9H10N2O/c1-7(2)5-9(12)8-3-4-10-11-6-8/h3-4,6H,1,5H2,2H3. The minimum Gasteiger partial charge on any atom is -0.294 e. The second-order valence-electron chi connectivity index (χ2n) is 2.69. The second kappa shape index (κ2) is 3.76. The Labute approximate surface area is 71.1 Å². The van der Waals surface area contributed by atoms with E-state index in [0.29, 0.717) is 12.0 Å². The third-order valence-corrected chi connectivity index (χ3v) is 1.37. The molecule has 3 heteroatoms. The van der Waals surface area contributed by atoms with Gasteiger partial charge in [0.05, 0.1) is 12.4 Å². The van der Waals surface area contributed by atoms with Gasteiger partial charge in [0, 0.05) is 12.0 Å². The summed E-state index contributed by atoms with van der Waals surface area (Å²) in [5.41, 5.74) is 1.45. The molecule has 0 radical (unpaired) electrons. The van der Waals surface area contributed by atoms with Crippen LogP contribution in [0.4, 0.5) is 0 Å². The predicted molar refractivity (Wildman–Crippen MR) is 45.8 cm³/mol. The molecule has 12 heavy (non-hydrogen) atoms. The van der Waals surface area contributed by atoms with Crippen LogP contribution >= 0.6 is 0 Å². The lowest BCUT2D eigenvalue weighted by Gasteiger charge is -1.97. The van der Waals surface area contributed by atoms with E-state index in [1.807, 2.05) is 6.92 Å². The third-order valence-electron chi connectivity index (χ3n) is 1.37. The molecule has 0 aliphatic carbocycles. The number of rotatable bonds is 3. The van der Waals surface area contributed by atoms with Crippen molar-refractivity contribution >= 4 is 5.78 Å². The van der Waals surface area contributed by atoms with Crippen molar-refractivity contribution in [3.8, 4) is 0 Å². The van der Waals surface area contributed by atoms with Crippen molar-refractivity contribution in [1.82, 2.24) is 10.2 Å². The normalized spacial score (nSPS) is 9.42. The van der Waals surface area contributed by atoms with E-state index in [4.69, 9.17) is 0 Å². The van der Waals surface area contributed by atoms with E-state index < -0.39 is 0 Å². The zero-order valence-corrected chi connectivity index (χ0v) is 6.95. The van der Waals surface area contributed by atoms with Crippen LogP contribution in [0.2, 0.25) is 0 Å². The highest BCUT2D eigenvalue weighted by Crippen LogP contribution is 2.04. The first-order chi connectivity index (χ1) is 5.70. The molecule has 0 aromatic carbocycles. The van der Waals surface area contributed by atoms with Crippen LogP contribution in [-0.2, 0) is 0 Å². The SMILES string of the molecule is C=C(C)CC(=O)c1ccnnc1. The lowest BCUT2D eigenvalue weighted by Crippen LogP contribution is -1.99. The van der Waals surface area contributed by atoms with Crippen molar-refractivity contribution < 1.29 is 4.79 Å². The van der Waals surface area contributed by atoms with Gasteiger partial charge < -0.3 is 0 Å². The van der Waals surface area contributed by atoms with Gasteiger partial charge in [0.15, 0.2) is 5.78 Å². The van der Waals surface area contributed by atoms with E-state index in [0.717, 1.165) is 5.57 Å². The van der Waals surface area contributed by atoms with Crippen LogP contribution < -0.4 is 0 Å². The number of ketones is 1. The van der Waals surface area contributed by atoms with Crippen LogP contribution in [0, 0.1) is 0 Å². The molecule has 62 valence electrons. The number of nitrogens with zero attached hydrogens (tertiary/aromatic N) is 2. The summed E-state index contributed by atoms with van der Waals surface area (Å²) >= 11 is 0. The molecular formula is C9H10N2O. The smallest absolute Gasteiger partial charge is 0.168 e. The number of carbonyl (C=O) groups is 1. The van der Waals surface area contributed by atoms with Crippen molar-refractivity contribution in [2.24, 2.45) is 0 Å². The Bertz CT molecular complexity index is 293. The molecule has 1 aromatic heterocycles. The molecule has 0 N–H and O–H groups in total. The Morgan fingerprint density at radius 3 is 2.83 bits per heavy atom. The maximum atomic E-state index is 11.3. The number of allylic oxidation sites excluding steroid dienone is 1. The first-order valence-electron chi connectivity index (χ1n) is 3.64. The molecule has 0 saturated carbocycles. The molecule has 1 aromatic rings. The van der Waals surface area contributed by atoms with Gasteiger partial charge in [0.2, 0.25) is 0 Å². The Balaban J connectivity index is 2.73. The molecule has 0 aliphatic heterocycles. The number of Topliss-reactive ketones (excluding diaryl/α,β-unsaturated/α-hetero) is 1. The average molecular weight is 162 g/mol. The Hall–Kier alpha value is -1.51. The zero-order chi connectivity index (χ0) is 8.97. The first kappa shape index (κ1) is 8.59. The number of hydrogen-bond acceptors (Lipinski definition) is 3. The van der Waals surface area contributed by atoms with Crippen LogP contribution in [-0.4, -0.2) is 16.0 Å². The van der Waals surface area contributed by atoms with Gasteiger partial charge >= 0.3 is 0 Å². The molecular weight excluding hydrogens is 152 g/mol. The summed E-state index contributed by atoms with van der Waals surface area (Å²) < 4.78 is 0. The minimum absolute atomic E-state index is 0.0393. The number of carbonyl (C=O) groups excluding carboxylic acids is 1. The van der Waals surface area contributed by atoms with E-state index in [-0.39, 0.29) is 5.78 Å². The lowest BCUT2D eigenvalue weighted by molar-refractivity contribution is 0.0992. The highest BCUT2D eigenvalue weighted by molar-refractivity contribution is 5.96. The molecule has 1 heterocycles. The van der Waals surface area contributed by atoms with Crippen LogP contribution in [0.3, 0.4) is 0 Å². The van der Waals surface area contributed by atoms with E-state index in [2.05, 4.69) is 16.8 Å². The minimum atomic E-state index is 0.0393.